The van der Waals surface area contributed by atoms with E-state index in [1.165, 1.54) is 0 Å². The molecule has 0 radical (unpaired) electrons. The number of aromatic nitrogens is 1. The van der Waals surface area contributed by atoms with Gasteiger partial charge in [0.05, 0.1) is 11.1 Å². The second-order valence-electron chi connectivity index (χ2n) is 5.22. The fraction of sp³-hybridized carbons (Fsp3) is 0.375. The highest BCUT2D eigenvalue weighted by atomic mass is 16.1. The molecule has 1 aromatic heterocycles. The molecule has 1 aromatic carbocycles. The van der Waals surface area contributed by atoms with E-state index in [0.29, 0.717) is 12.1 Å². The van der Waals surface area contributed by atoms with Crippen LogP contribution in [0.4, 0.5) is 0 Å². The van der Waals surface area contributed by atoms with Gasteiger partial charge in [-0.15, -0.1) is 0 Å². The summed E-state index contributed by atoms with van der Waals surface area (Å²) < 4.78 is 0. The first-order valence-electron chi connectivity index (χ1n) is 7.39. The van der Waals surface area contributed by atoms with Gasteiger partial charge in [0.2, 0.25) is 0 Å². The molecule has 2 N–H and O–H groups in total. The smallest absolute Gasteiger partial charge is 0.252 e. The monoisotopic (exact) mass is 284 g/mol. The summed E-state index contributed by atoms with van der Waals surface area (Å²) in [6, 6.07) is 9.51. The lowest BCUT2D eigenvalue weighted by Crippen LogP contribution is -2.46. The maximum absolute atomic E-state index is 12.3. The van der Waals surface area contributed by atoms with Gasteiger partial charge in [0.25, 0.3) is 5.91 Å². The highest BCUT2D eigenvalue weighted by Crippen LogP contribution is 2.15. The van der Waals surface area contributed by atoms with E-state index < -0.39 is 0 Å². The molecule has 110 valence electrons. The first-order valence-corrected chi connectivity index (χ1v) is 7.39. The molecule has 0 bridgehead atoms. The Kier molecular flexibility index (Phi) is 4.43. The third kappa shape index (κ3) is 3.37. The third-order valence-electron chi connectivity index (χ3n) is 3.82. The maximum atomic E-state index is 12.3. The molecule has 2 aromatic rings. The van der Waals surface area contributed by atoms with Crippen molar-refractivity contribution in [3.63, 3.8) is 0 Å². The molecule has 0 atom stereocenters. The maximum Gasteiger partial charge on any atom is 0.252 e. The standard InChI is InChI=1S/C16H20N4O/c21-16(19-9-12-20-10-7-17-8-11-20)14-5-6-18-15-4-2-1-3-13(14)15/h1-6,17H,7-12H2,(H,19,21). The summed E-state index contributed by atoms with van der Waals surface area (Å²) in [5.74, 6) is -0.0243. The number of hydrogen-bond donors (Lipinski definition) is 2. The van der Waals surface area contributed by atoms with E-state index in [-0.39, 0.29) is 5.91 Å². The third-order valence-corrected chi connectivity index (χ3v) is 3.82. The number of piperazine rings is 1. The minimum Gasteiger partial charge on any atom is -0.351 e. The van der Waals surface area contributed by atoms with Crippen molar-refractivity contribution in [2.45, 2.75) is 0 Å². The zero-order valence-corrected chi connectivity index (χ0v) is 12.0. The zero-order valence-electron chi connectivity index (χ0n) is 12.0. The molecule has 0 spiro atoms. The Morgan fingerprint density at radius 1 is 1.24 bits per heavy atom. The van der Waals surface area contributed by atoms with Crippen molar-refractivity contribution in [2.75, 3.05) is 39.3 Å². The highest BCUT2D eigenvalue weighted by molar-refractivity contribution is 6.05. The van der Waals surface area contributed by atoms with E-state index in [0.717, 1.165) is 43.6 Å². The summed E-state index contributed by atoms with van der Waals surface area (Å²) in [5.41, 5.74) is 1.55. The number of benzene rings is 1. The summed E-state index contributed by atoms with van der Waals surface area (Å²) >= 11 is 0. The Hall–Kier alpha value is -1.98. The molecule has 0 aliphatic carbocycles. The van der Waals surface area contributed by atoms with Crippen LogP contribution in [0.5, 0.6) is 0 Å². The number of carbonyl (C=O) groups is 1. The molecule has 5 heteroatoms. The Labute approximate surface area is 124 Å². The normalized spacial score (nSPS) is 16.0. The Morgan fingerprint density at radius 3 is 2.90 bits per heavy atom. The van der Waals surface area contributed by atoms with Gasteiger partial charge >= 0.3 is 0 Å². The van der Waals surface area contributed by atoms with Crippen LogP contribution in [-0.4, -0.2) is 55.1 Å². The molecule has 1 aliphatic heterocycles. The second-order valence-corrected chi connectivity index (χ2v) is 5.22. The summed E-state index contributed by atoms with van der Waals surface area (Å²) in [7, 11) is 0. The predicted molar refractivity (Wildman–Crippen MR) is 83.4 cm³/mol. The number of amides is 1. The fourth-order valence-electron chi connectivity index (χ4n) is 2.65. The number of rotatable bonds is 4. The number of nitrogens with one attached hydrogen (secondary N) is 2. The van der Waals surface area contributed by atoms with Gasteiger partial charge < -0.3 is 10.6 Å². The van der Waals surface area contributed by atoms with Crippen LogP contribution < -0.4 is 10.6 Å². The molecule has 1 fully saturated rings. The summed E-state index contributed by atoms with van der Waals surface area (Å²) in [6.45, 7) is 5.74. The Bertz CT molecular complexity index is 617. The average Bonchev–Trinajstić information content (AvgIpc) is 2.55. The topological polar surface area (TPSA) is 57.3 Å². The number of hydrogen-bond acceptors (Lipinski definition) is 4. The van der Waals surface area contributed by atoms with Gasteiger partial charge in [-0.25, -0.2) is 0 Å². The molecule has 3 rings (SSSR count). The van der Waals surface area contributed by atoms with E-state index >= 15 is 0 Å². The van der Waals surface area contributed by atoms with Gasteiger partial charge in [-0.1, -0.05) is 18.2 Å². The quantitative estimate of drug-likeness (QED) is 0.875. The molecular formula is C16H20N4O. The number of nitrogens with zero attached hydrogens (tertiary/aromatic N) is 2. The molecule has 1 amide bonds. The molecular weight excluding hydrogens is 264 g/mol. The first-order chi connectivity index (χ1) is 10.3. The van der Waals surface area contributed by atoms with E-state index in [4.69, 9.17) is 0 Å². The van der Waals surface area contributed by atoms with E-state index in [1.54, 1.807) is 12.3 Å². The van der Waals surface area contributed by atoms with Crippen molar-refractivity contribution < 1.29 is 4.79 Å². The fourth-order valence-corrected chi connectivity index (χ4v) is 2.65. The van der Waals surface area contributed by atoms with Crippen molar-refractivity contribution in [1.82, 2.24) is 20.5 Å². The van der Waals surface area contributed by atoms with E-state index in [9.17, 15) is 4.79 Å². The van der Waals surface area contributed by atoms with Crippen molar-refractivity contribution in [3.05, 3.63) is 42.1 Å². The van der Waals surface area contributed by atoms with Crippen LogP contribution >= 0.6 is 0 Å². The van der Waals surface area contributed by atoms with Gasteiger partial charge in [0.1, 0.15) is 0 Å². The molecule has 2 heterocycles. The van der Waals surface area contributed by atoms with Crippen LogP contribution in [0.25, 0.3) is 10.9 Å². The minimum absolute atomic E-state index is 0.0243. The zero-order chi connectivity index (χ0) is 14.5. The van der Waals surface area contributed by atoms with Crippen LogP contribution in [0.1, 0.15) is 10.4 Å². The number of pyridine rings is 1. The Morgan fingerprint density at radius 2 is 2.05 bits per heavy atom. The van der Waals surface area contributed by atoms with Gasteiger partial charge in [-0.3, -0.25) is 14.7 Å². The summed E-state index contributed by atoms with van der Waals surface area (Å²) in [4.78, 5) is 19.0. The summed E-state index contributed by atoms with van der Waals surface area (Å²) in [5, 5.41) is 7.24. The number of fused-ring (bicyclic) bond motifs is 1. The molecule has 0 saturated carbocycles. The van der Waals surface area contributed by atoms with Gasteiger partial charge in [0.15, 0.2) is 0 Å². The lowest BCUT2D eigenvalue weighted by molar-refractivity contribution is 0.0949. The van der Waals surface area contributed by atoms with Crippen molar-refractivity contribution >= 4 is 16.8 Å². The lowest BCUT2D eigenvalue weighted by atomic mass is 10.1. The molecule has 5 nitrogen and oxygen atoms in total. The first kappa shape index (κ1) is 14.0. The number of carbonyl (C=O) groups excluding carboxylic acids is 1. The largest absolute Gasteiger partial charge is 0.351 e. The average molecular weight is 284 g/mol. The second kappa shape index (κ2) is 6.65. The Balaban J connectivity index is 1.61. The van der Waals surface area contributed by atoms with E-state index in [2.05, 4.69) is 20.5 Å². The SMILES string of the molecule is O=C(NCCN1CCNCC1)c1ccnc2ccccc12. The van der Waals surface area contributed by atoms with Crippen molar-refractivity contribution in [3.8, 4) is 0 Å². The van der Waals surface area contributed by atoms with Gasteiger partial charge in [0, 0.05) is 50.9 Å². The van der Waals surface area contributed by atoms with E-state index in [1.807, 2.05) is 24.3 Å². The number of para-hydroxylation sites is 1. The van der Waals surface area contributed by atoms with Crippen molar-refractivity contribution in [1.29, 1.82) is 0 Å². The van der Waals surface area contributed by atoms with Crippen LogP contribution in [0, 0.1) is 0 Å². The van der Waals surface area contributed by atoms with Crippen LogP contribution in [0.2, 0.25) is 0 Å². The molecule has 21 heavy (non-hydrogen) atoms. The summed E-state index contributed by atoms with van der Waals surface area (Å²) in [6.07, 6.45) is 1.69. The highest BCUT2D eigenvalue weighted by Gasteiger charge is 2.12. The van der Waals surface area contributed by atoms with Gasteiger partial charge in [-0.05, 0) is 12.1 Å². The molecule has 1 aliphatic rings. The van der Waals surface area contributed by atoms with Crippen LogP contribution in [0.3, 0.4) is 0 Å². The van der Waals surface area contributed by atoms with Crippen molar-refractivity contribution in [2.24, 2.45) is 0 Å². The van der Waals surface area contributed by atoms with Gasteiger partial charge in [-0.2, -0.15) is 0 Å². The van der Waals surface area contributed by atoms with Crippen LogP contribution in [0.15, 0.2) is 36.5 Å². The predicted octanol–water partition coefficient (Wildman–Crippen LogP) is 0.870. The molecule has 0 unspecified atom stereocenters. The molecule has 1 saturated heterocycles. The lowest BCUT2D eigenvalue weighted by Gasteiger charge is -2.27. The minimum atomic E-state index is -0.0243. The van der Waals surface area contributed by atoms with Crippen LogP contribution in [-0.2, 0) is 0 Å².